The second-order valence-electron chi connectivity index (χ2n) is 8.12. The maximum atomic E-state index is 13.3. The number of carbonyl (C=O) groups is 1. The van der Waals surface area contributed by atoms with Crippen LogP contribution in [0.15, 0.2) is 53.9 Å². The number of nitrogens with two attached hydrogens (primary N) is 1. The molecule has 6 rings (SSSR count). The lowest BCUT2D eigenvalue weighted by molar-refractivity contribution is -0.118. The first-order chi connectivity index (χ1) is 15.1. The van der Waals surface area contributed by atoms with Gasteiger partial charge < -0.3 is 25.4 Å². The monoisotopic (exact) mass is 412 g/mol. The van der Waals surface area contributed by atoms with Gasteiger partial charge in [-0.3, -0.25) is 4.79 Å². The van der Waals surface area contributed by atoms with Gasteiger partial charge in [-0.2, -0.15) is 5.26 Å². The summed E-state index contributed by atoms with van der Waals surface area (Å²) in [5.74, 6) is 1.50. The van der Waals surface area contributed by atoms with Gasteiger partial charge in [0.1, 0.15) is 17.3 Å². The number of hydrogen-bond donors (Lipinski definition) is 2. The van der Waals surface area contributed by atoms with E-state index in [4.69, 9.17) is 15.2 Å². The van der Waals surface area contributed by atoms with Gasteiger partial charge in [0.05, 0.1) is 18.8 Å². The third-order valence-electron chi connectivity index (χ3n) is 6.51. The van der Waals surface area contributed by atoms with Crippen LogP contribution >= 0.6 is 0 Å². The number of hydrogen-bond acceptors (Lipinski definition) is 6. The Labute approximate surface area is 179 Å². The van der Waals surface area contributed by atoms with E-state index in [2.05, 4.69) is 11.4 Å². The van der Waals surface area contributed by atoms with E-state index in [1.54, 1.807) is 0 Å². The zero-order valence-corrected chi connectivity index (χ0v) is 16.8. The van der Waals surface area contributed by atoms with Gasteiger partial charge in [-0.25, -0.2) is 0 Å². The van der Waals surface area contributed by atoms with Crippen molar-refractivity contribution in [1.82, 2.24) is 4.90 Å². The van der Waals surface area contributed by atoms with Crippen LogP contribution in [0.3, 0.4) is 0 Å². The van der Waals surface area contributed by atoms with Gasteiger partial charge in [0, 0.05) is 35.5 Å². The number of ether oxygens (including phenoxy) is 2. The first-order valence-electron chi connectivity index (χ1n) is 10.4. The Bertz CT molecular complexity index is 1260. The summed E-state index contributed by atoms with van der Waals surface area (Å²) < 4.78 is 11.8. The smallest absolute Gasteiger partial charge is 0.244 e. The molecule has 0 unspecified atom stereocenters. The average Bonchev–Trinajstić information content (AvgIpc) is 2.92. The van der Waals surface area contributed by atoms with Crippen molar-refractivity contribution < 1.29 is 14.3 Å². The summed E-state index contributed by atoms with van der Waals surface area (Å²) in [6.45, 7) is 1.84. The summed E-state index contributed by atoms with van der Waals surface area (Å²) in [4.78, 5) is 15.3. The fourth-order valence-electron chi connectivity index (χ4n) is 5.03. The minimum Gasteiger partial charge on any atom is -0.490 e. The van der Waals surface area contributed by atoms with Crippen molar-refractivity contribution in [3.63, 3.8) is 0 Å². The van der Waals surface area contributed by atoms with E-state index in [1.807, 2.05) is 47.4 Å². The van der Waals surface area contributed by atoms with E-state index in [0.29, 0.717) is 37.0 Å². The molecule has 2 aromatic carbocycles. The van der Waals surface area contributed by atoms with Crippen LogP contribution in [-0.4, -0.2) is 30.6 Å². The lowest BCUT2D eigenvalue weighted by atomic mass is 9.71. The molecule has 4 heterocycles. The van der Waals surface area contributed by atoms with E-state index in [1.165, 1.54) is 0 Å². The third-order valence-corrected chi connectivity index (χ3v) is 6.51. The number of nitrogens with one attached hydrogen (secondary N) is 1. The molecule has 0 aromatic heterocycles. The van der Waals surface area contributed by atoms with Gasteiger partial charge in [0.2, 0.25) is 5.91 Å². The van der Waals surface area contributed by atoms with Crippen LogP contribution in [0.25, 0.3) is 5.70 Å². The standard InChI is InChI=1S/C24H20N4O3/c25-13-17-22(26)28-7-6-14-10-20-21(31-9-3-8-30-20)11-15(14)19(28)12-24(17)16-4-1-2-5-18(16)27-23(24)29/h1-2,4-5,10-12H,3,6-9,26H2,(H,27,29)/t24-/m1/s1. The van der Waals surface area contributed by atoms with Gasteiger partial charge in [-0.05, 0) is 36.3 Å². The van der Waals surface area contributed by atoms with Crippen molar-refractivity contribution in [3.8, 4) is 17.6 Å². The molecule has 31 heavy (non-hydrogen) atoms. The summed E-state index contributed by atoms with van der Waals surface area (Å²) in [7, 11) is 0. The topological polar surface area (TPSA) is 101 Å². The molecule has 7 nitrogen and oxygen atoms in total. The molecule has 1 atom stereocenters. The molecule has 2 aromatic rings. The van der Waals surface area contributed by atoms with E-state index in [0.717, 1.165) is 41.0 Å². The fourth-order valence-corrected chi connectivity index (χ4v) is 5.03. The largest absolute Gasteiger partial charge is 0.490 e. The summed E-state index contributed by atoms with van der Waals surface area (Å²) >= 11 is 0. The number of benzene rings is 2. The molecule has 7 heteroatoms. The number of amides is 1. The van der Waals surface area contributed by atoms with Crippen LogP contribution in [0.4, 0.5) is 5.69 Å². The van der Waals surface area contributed by atoms with Crippen molar-refractivity contribution in [2.24, 2.45) is 5.73 Å². The zero-order chi connectivity index (χ0) is 21.2. The van der Waals surface area contributed by atoms with Crippen molar-refractivity contribution in [2.45, 2.75) is 18.3 Å². The normalized spacial score (nSPS) is 23.3. The molecule has 0 bridgehead atoms. The fraction of sp³-hybridized carbons (Fsp3) is 0.250. The van der Waals surface area contributed by atoms with Gasteiger partial charge in [0.15, 0.2) is 11.5 Å². The number of fused-ring (bicyclic) bond motifs is 6. The van der Waals surface area contributed by atoms with Crippen LogP contribution < -0.4 is 20.5 Å². The number of anilines is 1. The highest BCUT2D eigenvalue weighted by molar-refractivity contribution is 6.12. The predicted molar refractivity (Wildman–Crippen MR) is 114 cm³/mol. The molecule has 0 saturated heterocycles. The molecule has 154 valence electrons. The quantitative estimate of drug-likeness (QED) is 0.690. The van der Waals surface area contributed by atoms with Crippen molar-refractivity contribution in [2.75, 3.05) is 25.1 Å². The Kier molecular flexibility index (Phi) is 3.63. The third kappa shape index (κ3) is 2.30. The molecule has 4 aliphatic heterocycles. The van der Waals surface area contributed by atoms with Crippen molar-refractivity contribution in [3.05, 3.63) is 70.6 Å². The molecule has 0 aliphatic carbocycles. The minimum atomic E-state index is -1.25. The Hall–Kier alpha value is -3.92. The average molecular weight is 412 g/mol. The summed E-state index contributed by atoms with van der Waals surface area (Å²) in [5, 5.41) is 13.0. The molecule has 0 saturated carbocycles. The Morgan fingerprint density at radius 1 is 1.16 bits per heavy atom. The maximum Gasteiger partial charge on any atom is 0.244 e. The highest BCUT2D eigenvalue weighted by atomic mass is 16.5. The molecule has 1 spiro atoms. The van der Waals surface area contributed by atoms with Crippen LogP contribution in [0.5, 0.6) is 11.5 Å². The molecule has 0 fully saturated rings. The van der Waals surface area contributed by atoms with E-state index in [-0.39, 0.29) is 11.5 Å². The maximum absolute atomic E-state index is 13.3. The molecule has 3 N–H and O–H groups in total. The predicted octanol–water partition coefficient (Wildman–Crippen LogP) is 2.64. The first-order valence-corrected chi connectivity index (χ1v) is 10.4. The second kappa shape index (κ2) is 6.29. The molecule has 0 radical (unpaired) electrons. The summed E-state index contributed by atoms with van der Waals surface area (Å²) in [6, 6.07) is 13.7. The second-order valence-corrected chi connectivity index (χ2v) is 8.12. The Morgan fingerprint density at radius 3 is 2.74 bits per heavy atom. The highest BCUT2D eigenvalue weighted by Crippen LogP contribution is 2.51. The Balaban J connectivity index is 1.61. The number of carbonyl (C=O) groups excluding carboxylic acids is 1. The van der Waals surface area contributed by atoms with E-state index >= 15 is 0 Å². The Morgan fingerprint density at radius 2 is 1.94 bits per heavy atom. The van der Waals surface area contributed by atoms with Crippen molar-refractivity contribution in [1.29, 1.82) is 5.26 Å². The van der Waals surface area contributed by atoms with E-state index in [9.17, 15) is 10.1 Å². The lowest BCUT2D eigenvalue weighted by Gasteiger charge is -2.41. The number of para-hydroxylation sites is 1. The van der Waals surface area contributed by atoms with Gasteiger partial charge in [0.25, 0.3) is 0 Å². The van der Waals surface area contributed by atoms with Crippen LogP contribution in [0.2, 0.25) is 0 Å². The highest BCUT2D eigenvalue weighted by Gasteiger charge is 2.53. The van der Waals surface area contributed by atoms with Crippen molar-refractivity contribution >= 4 is 17.3 Å². The molecular weight excluding hydrogens is 392 g/mol. The van der Waals surface area contributed by atoms with Gasteiger partial charge in [-0.15, -0.1) is 0 Å². The SMILES string of the molecule is N#CC1=C(N)N2CCc3cc4c(cc3C2=C[C@]12C(=O)Nc1ccccc12)OCCCO4. The van der Waals surface area contributed by atoms with Crippen LogP contribution in [0, 0.1) is 11.3 Å². The molecule has 1 amide bonds. The van der Waals surface area contributed by atoms with E-state index < -0.39 is 5.41 Å². The molecular formula is C24H20N4O3. The van der Waals surface area contributed by atoms with Crippen LogP contribution in [0.1, 0.15) is 23.1 Å². The number of nitriles is 1. The lowest BCUT2D eigenvalue weighted by Crippen LogP contribution is -2.45. The summed E-state index contributed by atoms with van der Waals surface area (Å²) in [6.07, 6.45) is 3.47. The minimum absolute atomic E-state index is 0.261. The summed E-state index contributed by atoms with van der Waals surface area (Å²) in [5.41, 5.74) is 9.88. The van der Waals surface area contributed by atoms with Crippen LogP contribution in [-0.2, 0) is 16.6 Å². The number of nitrogens with zero attached hydrogens (tertiary/aromatic N) is 2. The van der Waals surface area contributed by atoms with Gasteiger partial charge in [-0.1, -0.05) is 18.2 Å². The zero-order valence-electron chi connectivity index (χ0n) is 16.8. The first kappa shape index (κ1) is 17.9. The number of rotatable bonds is 0. The van der Waals surface area contributed by atoms with Gasteiger partial charge >= 0.3 is 0 Å². The molecule has 4 aliphatic rings.